The van der Waals surface area contributed by atoms with E-state index in [9.17, 15) is 58.8 Å². The topological polar surface area (TPSA) is 319 Å². The van der Waals surface area contributed by atoms with Gasteiger partial charge in [0.2, 0.25) is 23.4 Å². The van der Waals surface area contributed by atoms with Crippen molar-refractivity contribution in [3.8, 4) is 11.5 Å². The molecule has 22 nitrogen and oxygen atoms in total. The number of aliphatic carboxylic acids is 4. The van der Waals surface area contributed by atoms with Crippen molar-refractivity contribution in [3.63, 3.8) is 0 Å². The van der Waals surface area contributed by atoms with Crippen LogP contribution >= 0.6 is 0 Å². The largest absolute Gasteiger partial charge is 0.507 e. The van der Waals surface area contributed by atoms with Crippen LogP contribution < -0.4 is 21.3 Å². The number of rotatable bonds is 17. The van der Waals surface area contributed by atoms with Crippen LogP contribution in [0.25, 0.3) is 0 Å². The number of aromatic hydroxyl groups is 2. The lowest BCUT2D eigenvalue weighted by Gasteiger charge is -2.29. The molecule has 3 aliphatic rings. The molecular formula is C36H46N8O14. The van der Waals surface area contributed by atoms with Crippen LogP contribution in [0.3, 0.4) is 0 Å². The molecule has 0 radical (unpaired) electrons. The Morgan fingerprint density at radius 2 is 0.845 bits per heavy atom. The van der Waals surface area contributed by atoms with Crippen LogP contribution in [-0.2, 0) is 28.8 Å². The molecule has 314 valence electrons. The third-order valence-corrected chi connectivity index (χ3v) is 9.17. The summed E-state index contributed by atoms with van der Waals surface area (Å²) < 4.78 is 0. The molecule has 0 spiro atoms. The molecule has 0 atom stereocenters. The van der Waals surface area contributed by atoms with Crippen LogP contribution in [0.1, 0.15) is 31.8 Å². The molecule has 2 aliphatic heterocycles. The maximum atomic E-state index is 13.7. The van der Waals surface area contributed by atoms with E-state index in [-0.39, 0.29) is 112 Å². The number of nitrogens with one attached hydrogen (secondary N) is 4. The van der Waals surface area contributed by atoms with Crippen LogP contribution in [0.5, 0.6) is 11.5 Å². The number of hydrogen-bond acceptors (Lipinski definition) is 16. The number of nitrogens with zero attached hydrogens (tertiary/aromatic N) is 4. The lowest BCUT2D eigenvalue weighted by atomic mass is 9.81. The molecule has 0 fully saturated rings. The average Bonchev–Trinajstić information content (AvgIpc) is 3.13. The fraction of sp³-hybridized carbons (Fsp3) is 0.444. The highest BCUT2D eigenvalue weighted by atomic mass is 16.4. The first-order valence-electron chi connectivity index (χ1n) is 18.1. The zero-order chi connectivity index (χ0) is 42.5. The number of phenols is 2. The molecule has 0 saturated carbocycles. The zero-order valence-electron chi connectivity index (χ0n) is 31.4. The van der Waals surface area contributed by atoms with E-state index in [2.05, 4.69) is 21.3 Å². The maximum absolute atomic E-state index is 13.7. The van der Waals surface area contributed by atoms with Crippen molar-refractivity contribution < 1.29 is 69.0 Å². The molecule has 5 rings (SSSR count). The molecular weight excluding hydrogens is 768 g/mol. The first-order valence-corrected chi connectivity index (χ1v) is 18.1. The van der Waals surface area contributed by atoms with E-state index in [1.165, 1.54) is 14.7 Å². The van der Waals surface area contributed by atoms with Gasteiger partial charge in [0.25, 0.3) is 0 Å². The molecule has 58 heavy (non-hydrogen) atoms. The second-order valence-electron chi connectivity index (χ2n) is 13.5. The summed E-state index contributed by atoms with van der Waals surface area (Å²) in [7, 11) is 0. The van der Waals surface area contributed by atoms with Crippen molar-refractivity contribution in [1.82, 2.24) is 30.2 Å². The maximum Gasteiger partial charge on any atom is 0.317 e. The summed E-state index contributed by atoms with van der Waals surface area (Å²) in [5, 5.41) is 69.7. The molecule has 2 heterocycles. The SMILES string of the molecule is O=C(O)CN(CCN(CCN1CC(=O)NCCNc2ccc(c3c2C(=O)c2c(O)ccc(O)c2C3=O)NCCNC(=O)C1)CC(=O)O)CCN(CC(=O)O)CC(=O)O. The van der Waals surface area contributed by atoms with Crippen LogP contribution in [-0.4, -0.2) is 202 Å². The molecule has 1 aliphatic carbocycles. The Kier molecular flexibility index (Phi) is 15.8. The van der Waals surface area contributed by atoms with Crippen LogP contribution in [0.4, 0.5) is 11.4 Å². The number of carboxylic acids is 4. The van der Waals surface area contributed by atoms with Gasteiger partial charge < -0.3 is 51.9 Å². The predicted molar refractivity (Wildman–Crippen MR) is 202 cm³/mol. The summed E-state index contributed by atoms with van der Waals surface area (Å²) in [5.74, 6) is -8.34. The summed E-state index contributed by atoms with van der Waals surface area (Å²) in [5.41, 5.74) is -0.325. The van der Waals surface area contributed by atoms with E-state index in [4.69, 9.17) is 10.2 Å². The summed E-state index contributed by atoms with van der Waals surface area (Å²) in [6.45, 7) is -2.57. The summed E-state index contributed by atoms with van der Waals surface area (Å²) in [6.07, 6.45) is 0. The van der Waals surface area contributed by atoms with Crippen molar-refractivity contribution in [1.29, 1.82) is 0 Å². The van der Waals surface area contributed by atoms with E-state index in [0.717, 1.165) is 17.0 Å². The van der Waals surface area contributed by atoms with Crippen molar-refractivity contribution >= 4 is 58.6 Å². The highest BCUT2D eigenvalue weighted by Gasteiger charge is 2.38. The number of hydrogen-bond donors (Lipinski definition) is 10. The number of benzene rings is 2. The third-order valence-electron chi connectivity index (χ3n) is 9.17. The number of anilines is 2. The molecule has 0 saturated heterocycles. The Balaban J connectivity index is 1.44. The second-order valence-corrected chi connectivity index (χ2v) is 13.5. The Bertz CT molecular complexity index is 1820. The highest BCUT2D eigenvalue weighted by molar-refractivity contribution is 6.33. The lowest BCUT2D eigenvalue weighted by molar-refractivity contribution is -0.143. The van der Waals surface area contributed by atoms with E-state index >= 15 is 0 Å². The fourth-order valence-electron chi connectivity index (χ4n) is 6.56. The monoisotopic (exact) mass is 814 g/mol. The van der Waals surface area contributed by atoms with Gasteiger partial charge in [-0.15, -0.1) is 0 Å². The number of ketones is 2. The molecule has 10 N–H and O–H groups in total. The van der Waals surface area contributed by atoms with Gasteiger partial charge in [0.1, 0.15) is 11.5 Å². The van der Waals surface area contributed by atoms with Crippen LogP contribution in [0, 0.1) is 0 Å². The van der Waals surface area contributed by atoms with Gasteiger partial charge in [-0.05, 0) is 24.3 Å². The van der Waals surface area contributed by atoms with E-state index in [1.807, 2.05) is 0 Å². The van der Waals surface area contributed by atoms with E-state index in [0.29, 0.717) is 0 Å². The minimum atomic E-state index is -1.27. The van der Waals surface area contributed by atoms with Crippen molar-refractivity contribution in [2.45, 2.75) is 0 Å². The van der Waals surface area contributed by atoms with Gasteiger partial charge in [0.15, 0.2) is 0 Å². The van der Waals surface area contributed by atoms with Gasteiger partial charge in [-0.1, -0.05) is 0 Å². The minimum Gasteiger partial charge on any atom is -0.507 e. The summed E-state index contributed by atoms with van der Waals surface area (Å²) >= 11 is 0. The van der Waals surface area contributed by atoms with E-state index < -0.39 is 84.9 Å². The molecule has 2 amide bonds. The van der Waals surface area contributed by atoms with Crippen LogP contribution in [0.15, 0.2) is 24.3 Å². The first kappa shape index (κ1) is 44.4. The number of carbonyl (C=O) groups is 8. The van der Waals surface area contributed by atoms with Gasteiger partial charge in [-0.2, -0.15) is 0 Å². The van der Waals surface area contributed by atoms with Gasteiger partial charge in [-0.3, -0.25) is 58.0 Å². The Morgan fingerprint density at radius 3 is 1.24 bits per heavy atom. The molecule has 2 aromatic rings. The quantitative estimate of drug-likeness (QED) is 0.0497. The molecule has 0 unspecified atom stereocenters. The first-order chi connectivity index (χ1) is 27.5. The number of amides is 2. The number of phenolic OH excluding ortho intramolecular Hbond substituents is 2. The van der Waals surface area contributed by atoms with Crippen molar-refractivity contribution in [3.05, 3.63) is 46.5 Å². The minimum absolute atomic E-state index is 0.00526. The summed E-state index contributed by atoms with van der Waals surface area (Å²) in [4.78, 5) is 105. The lowest BCUT2D eigenvalue weighted by Crippen LogP contribution is -2.48. The van der Waals surface area contributed by atoms with Gasteiger partial charge >= 0.3 is 23.9 Å². The Labute approximate surface area is 331 Å². The Hall–Kier alpha value is -6.36. The van der Waals surface area contributed by atoms with Crippen LogP contribution in [0.2, 0.25) is 0 Å². The molecule has 22 heteroatoms. The normalized spacial score (nSPS) is 15.2. The van der Waals surface area contributed by atoms with Gasteiger partial charge in [-0.25, -0.2) is 0 Å². The average molecular weight is 815 g/mol. The number of carbonyl (C=O) groups excluding carboxylic acids is 4. The zero-order valence-corrected chi connectivity index (χ0v) is 31.4. The van der Waals surface area contributed by atoms with Crippen molar-refractivity contribution in [2.24, 2.45) is 0 Å². The van der Waals surface area contributed by atoms with Crippen molar-refractivity contribution in [2.75, 3.05) is 115 Å². The number of carboxylic acid groups (broad SMARTS) is 4. The van der Waals surface area contributed by atoms with Gasteiger partial charge in [0, 0.05) is 76.8 Å². The standard InChI is InChI=1S/C36H46N8O14/c45-23-3-4-24(46)34-33(23)35(57)31-21-1-2-22(32(31)36(34)58)38-6-8-40-26(48)16-43(15-25(47)39-7-5-37-21)13-11-41(17-27(49)50)9-10-42(18-28(51)52)12-14-44(19-29(53)54)20-30(55)56/h1-4,37-38,45-46H,5-20H2,(H,39,47)(H,40,48)(H,49,50)(H,51,52)(H,53,54)(H,55,56). The smallest absolute Gasteiger partial charge is 0.317 e. The van der Waals surface area contributed by atoms with E-state index in [1.54, 1.807) is 12.1 Å². The molecule has 2 bridgehead atoms. The third kappa shape index (κ3) is 12.6. The Morgan fingerprint density at radius 1 is 0.500 bits per heavy atom. The molecule has 2 aromatic carbocycles. The second kappa shape index (κ2) is 20.7. The fourth-order valence-corrected chi connectivity index (χ4v) is 6.56. The predicted octanol–water partition coefficient (Wildman–Crippen LogP) is -2.51. The summed E-state index contributed by atoms with van der Waals surface area (Å²) in [6, 6.07) is 5.32. The number of fused-ring (bicyclic) bond motifs is 14. The molecule has 0 aromatic heterocycles. The van der Waals surface area contributed by atoms with Gasteiger partial charge in [0.05, 0.1) is 61.5 Å². The highest BCUT2D eigenvalue weighted by Crippen LogP contribution is 2.42.